The topological polar surface area (TPSA) is 77.5 Å². The molecule has 3 aromatic rings. The molecule has 8 heteroatoms. The molecule has 0 aliphatic carbocycles. The first-order valence-electron chi connectivity index (χ1n) is 9.39. The van der Waals surface area contributed by atoms with Crippen molar-refractivity contribution >= 4 is 35.1 Å². The zero-order valence-corrected chi connectivity index (χ0v) is 18.4. The number of methoxy groups -OCH3 is 1. The lowest BCUT2D eigenvalue weighted by molar-refractivity contribution is 0.0600. The maximum absolute atomic E-state index is 13.0. The van der Waals surface area contributed by atoms with Crippen molar-refractivity contribution in [2.75, 3.05) is 7.11 Å². The average molecular weight is 459 g/mol. The van der Waals surface area contributed by atoms with Crippen molar-refractivity contribution in [1.29, 1.82) is 0 Å². The number of nitrogens with zero attached hydrogens (tertiary/aromatic N) is 1. The molecule has 0 fully saturated rings. The SMILES string of the molecule is COC(=O)c1cccc([C@H](C)NC(=O)c2cc(Cl)cnc2COc2ccc(Cl)cc2)c1. The van der Waals surface area contributed by atoms with E-state index in [0.29, 0.717) is 32.6 Å². The number of esters is 1. The number of carbonyl (C=O) groups excluding carboxylic acids is 2. The Balaban J connectivity index is 1.75. The van der Waals surface area contributed by atoms with Gasteiger partial charge in [0.1, 0.15) is 12.4 Å². The Morgan fingerprint density at radius 1 is 1.06 bits per heavy atom. The number of nitrogens with one attached hydrogen (secondary N) is 1. The van der Waals surface area contributed by atoms with Crippen molar-refractivity contribution in [2.24, 2.45) is 0 Å². The van der Waals surface area contributed by atoms with E-state index < -0.39 is 5.97 Å². The van der Waals surface area contributed by atoms with Gasteiger partial charge < -0.3 is 14.8 Å². The van der Waals surface area contributed by atoms with Crippen LogP contribution in [-0.2, 0) is 11.3 Å². The van der Waals surface area contributed by atoms with Crippen LogP contribution in [0.4, 0.5) is 0 Å². The molecule has 1 heterocycles. The molecule has 1 N–H and O–H groups in total. The van der Waals surface area contributed by atoms with Crippen molar-refractivity contribution in [3.8, 4) is 5.75 Å². The first kappa shape index (κ1) is 22.6. The normalized spacial score (nSPS) is 11.5. The highest BCUT2D eigenvalue weighted by Gasteiger charge is 2.18. The predicted octanol–water partition coefficient (Wildman–Crippen LogP) is 5.25. The average Bonchev–Trinajstić information content (AvgIpc) is 2.78. The summed E-state index contributed by atoms with van der Waals surface area (Å²) in [6, 6.07) is 14.9. The Labute approximate surface area is 190 Å². The Morgan fingerprint density at radius 3 is 2.52 bits per heavy atom. The van der Waals surface area contributed by atoms with Crippen LogP contribution in [-0.4, -0.2) is 24.0 Å². The van der Waals surface area contributed by atoms with E-state index in [2.05, 4.69) is 10.3 Å². The molecule has 1 aromatic heterocycles. The third-order valence-corrected chi connectivity index (χ3v) is 4.98. The number of rotatable bonds is 7. The lowest BCUT2D eigenvalue weighted by Crippen LogP contribution is -2.28. The van der Waals surface area contributed by atoms with E-state index in [9.17, 15) is 9.59 Å². The van der Waals surface area contributed by atoms with Gasteiger partial charge in [0.2, 0.25) is 0 Å². The second-order valence-corrected chi connectivity index (χ2v) is 7.58. The van der Waals surface area contributed by atoms with Crippen LogP contribution in [0.5, 0.6) is 5.75 Å². The second kappa shape index (κ2) is 10.3. The molecular weight excluding hydrogens is 439 g/mol. The Bertz CT molecular complexity index is 1090. The molecule has 6 nitrogen and oxygen atoms in total. The third-order valence-electron chi connectivity index (χ3n) is 4.53. The van der Waals surface area contributed by atoms with Crippen LogP contribution in [0.25, 0.3) is 0 Å². The van der Waals surface area contributed by atoms with Gasteiger partial charge in [0, 0.05) is 11.2 Å². The van der Waals surface area contributed by atoms with E-state index in [0.717, 1.165) is 5.56 Å². The smallest absolute Gasteiger partial charge is 0.337 e. The fraction of sp³-hybridized carbons (Fsp3) is 0.174. The summed E-state index contributed by atoms with van der Waals surface area (Å²) in [7, 11) is 1.32. The zero-order valence-electron chi connectivity index (χ0n) is 16.9. The molecule has 0 aliphatic heterocycles. The molecule has 160 valence electrons. The van der Waals surface area contributed by atoms with Crippen LogP contribution in [0, 0.1) is 0 Å². The van der Waals surface area contributed by atoms with Gasteiger partial charge in [0.05, 0.1) is 35.0 Å². The van der Waals surface area contributed by atoms with Gasteiger partial charge in [-0.3, -0.25) is 9.78 Å². The van der Waals surface area contributed by atoms with Gasteiger partial charge in [-0.1, -0.05) is 35.3 Å². The highest BCUT2D eigenvalue weighted by molar-refractivity contribution is 6.31. The monoisotopic (exact) mass is 458 g/mol. The van der Waals surface area contributed by atoms with Crippen molar-refractivity contribution < 1.29 is 19.1 Å². The Kier molecular flexibility index (Phi) is 7.50. The molecule has 0 bridgehead atoms. The van der Waals surface area contributed by atoms with Gasteiger partial charge >= 0.3 is 5.97 Å². The molecule has 0 saturated heterocycles. The highest BCUT2D eigenvalue weighted by Crippen LogP contribution is 2.21. The van der Waals surface area contributed by atoms with Crippen molar-refractivity contribution in [1.82, 2.24) is 10.3 Å². The molecule has 0 unspecified atom stereocenters. The number of halogens is 2. The van der Waals surface area contributed by atoms with E-state index in [1.54, 1.807) is 48.5 Å². The van der Waals surface area contributed by atoms with Crippen LogP contribution in [0.3, 0.4) is 0 Å². The number of hydrogen-bond acceptors (Lipinski definition) is 5. The van der Waals surface area contributed by atoms with Crippen molar-refractivity contribution in [3.63, 3.8) is 0 Å². The van der Waals surface area contributed by atoms with Gasteiger partial charge in [-0.15, -0.1) is 0 Å². The first-order valence-corrected chi connectivity index (χ1v) is 10.1. The van der Waals surface area contributed by atoms with Gasteiger partial charge in [0.25, 0.3) is 5.91 Å². The highest BCUT2D eigenvalue weighted by atomic mass is 35.5. The van der Waals surface area contributed by atoms with E-state index in [1.165, 1.54) is 13.3 Å². The van der Waals surface area contributed by atoms with E-state index >= 15 is 0 Å². The zero-order chi connectivity index (χ0) is 22.4. The van der Waals surface area contributed by atoms with Gasteiger partial charge in [-0.25, -0.2) is 4.79 Å². The molecule has 1 amide bonds. The largest absolute Gasteiger partial charge is 0.487 e. The van der Waals surface area contributed by atoms with Crippen molar-refractivity contribution in [2.45, 2.75) is 19.6 Å². The number of aromatic nitrogens is 1. The minimum Gasteiger partial charge on any atom is -0.487 e. The van der Waals surface area contributed by atoms with E-state index in [4.69, 9.17) is 32.7 Å². The summed E-state index contributed by atoms with van der Waals surface area (Å²) < 4.78 is 10.5. The fourth-order valence-electron chi connectivity index (χ4n) is 2.87. The van der Waals surface area contributed by atoms with Crippen LogP contribution >= 0.6 is 23.2 Å². The van der Waals surface area contributed by atoms with E-state index in [1.807, 2.05) is 13.0 Å². The summed E-state index contributed by atoms with van der Waals surface area (Å²) in [5, 5.41) is 3.84. The molecule has 2 aromatic carbocycles. The lowest BCUT2D eigenvalue weighted by Gasteiger charge is -2.17. The number of carbonyl (C=O) groups is 2. The molecule has 0 spiro atoms. The summed E-state index contributed by atoms with van der Waals surface area (Å²) in [6.07, 6.45) is 1.46. The summed E-state index contributed by atoms with van der Waals surface area (Å²) in [5.41, 5.74) is 1.90. The maximum atomic E-state index is 13.0. The summed E-state index contributed by atoms with van der Waals surface area (Å²) >= 11 is 12.0. The van der Waals surface area contributed by atoms with Crippen LogP contribution in [0.15, 0.2) is 60.8 Å². The molecule has 1 atom stereocenters. The Morgan fingerprint density at radius 2 is 1.81 bits per heavy atom. The minimum absolute atomic E-state index is 0.0771. The minimum atomic E-state index is -0.443. The molecule has 31 heavy (non-hydrogen) atoms. The summed E-state index contributed by atoms with van der Waals surface area (Å²) in [4.78, 5) is 29.0. The van der Waals surface area contributed by atoms with Gasteiger partial charge in [-0.05, 0) is 55.0 Å². The van der Waals surface area contributed by atoms with Gasteiger partial charge in [0.15, 0.2) is 0 Å². The number of pyridine rings is 1. The van der Waals surface area contributed by atoms with Gasteiger partial charge in [-0.2, -0.15) is 0 Å². The number of hydrogen-bond donors (Lipinski definition) is 1. The quantitative estimate of drug-likeness (QED) is 0.489. The van der Waals surface area contributed by atoms with Crippen molar-refractivity contribution in [3.05, 3.63) is 93.2 Å². The standard InChI is InChI=1S/C23H20Cl2N2O4/c1-14(15-4-3-5-16(10-15)23(29)30-2)27-22(28)20-11-18(25)12-26-21(20)13-31-19-8-6-17(24)7-9-19/h3-12,14H,13H2,1-2H3,(H,27,28)/t14-/m0/s1. The van der Waals surface area contributed by atoms with Crippen LogP contribution in [0.2, 0.25) is 10.0 Å². The first-order chi connectivity index (χ1) is 14.9. The lowest BCUT2D eigenvalue weighted by atomic mass is 10.0. The second-order valence-electron chi connectivity index (χ2n) is 6.70. The molecule has 3 rings (SSSR count). The molecule has 0 saturated carbocycles. The number of amides is 1. The summed E-state index contributed by atoms with van der Waals surface area (Å²) in [5.74, 6) is -0.206. The number of ether oxygens (including phenoxy) is 2. The fourth-order valence-corrected chi connectivity index (χ4v) is 3.16. The van der Waals surface area contributed by atoms with E-state index in [-0.39, 0.29) is 18.6 Å². The van der Waals surface area contributed by atoms with Crippen LogP contribution < -0.4 is 10.1 Å². The summed E-state index contributed by atoms with van der Waals surface area (Å²) in [6.45, 7) is 1.89. The maximum Gasteiger partial charge on any atom is 0.337 e. The molecule has 0 radical (unpaired) electrons. The predicted molar refractivity (Wildman–Crippen MR) is 119 cm³/mol. The molecule has 0 aliphatic rings. The third kappa shape index (κ3) is 5.96. The number of benzene rings is 2. The molecular formula is C23H20Cl2N2O4. The van der Waals surface area contributed by atoms with Crippen LogP contribution in [0.1, 0.15) is 44.9 Å². The Hall–Kier alpha value is -3.09.